The van der Waals surface area contributed by atoms with Gasteiger partial charge in [-0.15, -0.1) is 0 Å². The number of methoxy groups -OCH3 is 2. The first kappa shape index (κ1) is 15.0. The van der Waals surface area contributed by atoms with Gasteiger partial charge < -0.3 is 18.9 Å². The number of hydrogen-bond acceptors (Lipinski definition) is 5. The molecule has 1 fully saturated rings. The fourth-order valence-corrected chi connectivity index (χ4v) is 3.51. The smallest absolute Gasteiger partial charge is 0.253 e. The second-order valence-corrected chi connectivity index (χ2v) is 5.88. The molecular formula is C19H18O5. The third kappa shape index (κ3) is 1.70. The van der Waals surface area contributed by atoms with Crippen LogP contribution in [0.3, 0.4) is 0 Å². The van der Waals surface area contributed by atoms with Gasteiger partial charge in [-0.1, -0.05) is 25.1 Å². The van der Waals surface area contributed by atoms with Gasteiger partial charge in [-0.2, -0.15) is 0 Å². The van der Waals surface area contributed by atoms with Crippen molar-refractivity contribution >= 4 is 5.78 Å². The van der Waals surface area contributed by atoms with Gasteiger partial charge in [0.2, 0.25) is 11.4 Å². The number of para-hydroxylation sites is 1. The summed E-state index contributed by atoms with van der Waals surface area (Å²) in [4.78, 5) is 13.3. The fraction of sp³-hybridized carbons (Fsp3) is 0.316. The van der Waals surface area contributed by atoms with E-state index >= 15 is 0 Å². The van der Waals surface area contributed by atoms with Crippen molar-refractivity contribution in [2.45, 2.75) is 24.7 Å². The molecular weight excluding hydrogens is 308 g/mol. The maximum atomic E-state index is 13.3. The number of benzene rings is 2. The van der Waals surface area contributed by atoms with Crippen LogP contribution in [0.4, 0.5) is 0 Å². The molecule has 0 N–H and O–H groups in total. The van der Waals surface area contributed by atoms with Gasteiger partial charge in [0.05, 0.1) is 19.8 Å². The van der Waals surface area contributed by atoms with Crippen LogP contribution in [0.5, 0.6) is 17.2 Å². The summed E-state index contributed by atoms with van der Waals surface area (Å²) in [6.45, 7) is 1.94. The molecule has 124 valence electrons. The molecule has 2 aliphatic rings. The van der Waals surface area contributed by atoms with Crippen LogP contribution in [0, 0.1) is 0 Å². The minimum atomic E-state index is -1.16. The summed E-state index contributed by atoms with van der Waals surface area (Å²) in [6, 6.07) is 12.6. The highest BCUT2D eigenvalue weighted by Gasteiger charge is 2.80. The van der Waals surface area contributed by atoms with Crippen LogP contribution in [-0.4, -0.2) is 25.8 Å². The maximum absolute atomic E-state index is 13.3. The van der Waals surface area contributed by atoms with Gasteiger partial charge in [0.15, 0.2) is 0 Å². The van der Waals surface area contributed by atoms with Crippen molar-refractivity contribution in [3.05, 3.63) is 53.6 Å². The molecule has 5 nitrogen and oxygen atoms in total. The predicted octanol–water partition coefficient (Wildman–Crippen LogP) is 3.31. The normalized spacial score (nSPS) is 26.9. The number of hydrogen-bond donors (Lipinski definition) is 0. The molecule has 0 spiro atoms. The lowest BCUT2D eigenvalue weighted by atomic mass is 9.82. The zero-order valence-electron chi connectivity index (χ0n) is 13.8. The van der Waals surface area contributed by atoms with Crippen molar-refractivity contribution in [2.75, 3.05) is 14.2 Å². The minimum Gasteiger partial charge on any atom is -0.497 e. The molecule has 2 aromatic carbocycles. The van der Waals surface area contributed by atoms with Crippen LogP contribution >= 0.6 is 0 Å². The molecule has 2 heterocycles. The molecule has 0 radical (unpaired) electrons. The Hall–Kier alpha value is -2.53. The average Bonchev–Trinajstić information content (AvgIpc) is 3.32. The first-order valence-electron chi connectivity index (χ1n) is 7.87. The molecule has 5 heteroatoms. The molecule has 2 unspecified atom stereocenters. The Labute approximate surface area is 140 Å². The maximum Gasteiger partial charge on any atom is 0.253 e. The highest BCUT2D eigenvalue weighted by molar-refractivity contribution is 6.09. The number of carbonyl (C=O) groups excluding carboxylic acids is 1. The summed E-state index contributed by atoms with van der Waals surface area (Å²) >= 11 is 0. The quantitative estimate of drug-likeness (QED) is 0.807. The summed E-state index contributed by atoms with van der Waals surface area (Å²) in [7, 11) is 3.16. The van der Waals surface area contributed by atoms with Crippen molar-refractivity contribution in [3.8, 4) is 17.2 Å². The minimum absolute atomic E-state index is 0.113. The Kier molecular flexibility index (Phi) is 3.12. The Bertz CT molecular complexity index is 830. The van der Waals surface area contributed by atoms with Crippen LogP contribution in [-0.2, 0) is 10.3 Å². The molecule has 2 atom stereocenters. The van der Waals surface area contributed by atoms with Gasteiger partial charge >= 0.3 is 0 Å². The zero-order chi connectivity index (χ0) is 16.9. The number of ketones is 1. The number of Topliss-reactive ketones (excluding diaryl/α,β-unsaturated/α-hetero) is 1. The van der Waals surface area contributed by atoms with Gasteiger partial charge in [-0.25, -0.2) is 0 Å². The van der Waals surface area contributed by atoms with E-state index in [1.807, 2.05) is 31.2 Å². The third-order valence-electron chi connectivity index (χ3n) is 4.79. The molecule has 0 bridgehead atoms. The van der Waals surface area contributed by atoms with Crippen LogP contribution in [0.25, 0.3) is 0 Å². The average molecular weight is 326 g/mol. The molecule has 0 saturated carbocycles. The molecule has 1 saturated heterocycles. The van der Waals surface area contributed by atoms with E-state index in [0.29, 0.717) is 34.8 Å². The molecule has 0 aliphatic carbocycles. The third-order valence-corrected chi connectivity index (χ3v) is 4.79. The second kappa shape index (κ2) is 4.98. The van der Waals surface area contributed by atoms with Gasteiger partial charge in [0.1, 0.15) is 17.2 Å². The SMILES string of the molecule is CCC12Oc3cc(OC)ccc3C(=O)C1(c1ccccc1OC)O2. The predicted molar refractivity (Wildman–Crippen MR) is 86.7 cm³/mol. The second-order valence-electron chi connectivity index (χ2n) is 5.88. The molecule has 2 aliphatic heterocycles. The van der Waals surface area contributed by atoms with E-state index < -0.39 is 11.4 Å². The number of fused-ring (bicyclic) bond motifs is 2. The van der Waals surface area contributed by atoms with Crippen LogP contribution in [0.2, 0.25) is 0 Å². The summed E-state index contributed by atoms with van der Waals surface area (Å²) in [6.07, 6.45) is 0.535. The van der Waals surface area contributed by atoms with Crippen molar-refractivity contribution in [2.24, 2.45) is 0 Å². The first-order chi connectivity index (χ1) is 11.6. The largest absolute Gasteiger partial charge is 0.497 e. The van der Waals surface area contributed by atoms with Crippen molar-refractivity contribution in [3.63, 3.8) is 0 Å². The Morgan fingerprint density at radius 2 is 1.88 bits per heavy atom. The van der Waals surface area contributed by atoms with E-state index in [1.54, 1.807) is 32.4 Å². The monoisotopic (exact) mass is 326 g/mol. The van der Waals surface area contributed by atoms with E-state index in [0.717, 1.165) is 0 Å². The Morgan fingerprint density at radius 1 is 1.08 bits per heavy atom. The summed E-state index contributed by atoms with van der Waals surface area (Å²) < 4.78 is 22.8. The number of rotatable bonds is 4. The molecule has 2 aromatic rings. The highest BCUT2D eigenvalue weighted by atomic mass is 16.8. The first-order valence-corrected chi connectivity index (χ1v) is 7.87. The lowest BCUT2D eigenvalue weighted by Crippen LogP contribution is -2.40. The highest BCUT2D eigenvalue weighted by Crippen LogP contribution is 2.64. The standard InChI is InChI=1S/C19H18O5/c1-4-18-19(24-18,14-7-5-6-8-15(14)22-3)17(20)13-10-9-12(21-2)11-16(13)23-18/h5-11H,4H2,1-3H3. The van der Waals surface area contributed by atoms with Crippen LogP contribution in [0.1, 0.15) is 29.3 Å². The number of carbonyl (C=O) groups is 1. The zero-order valence-corrected chi connectivity index (χ0v) is 13.8. The Balaban J connectivity index is 1.90. The number of epoxide rings is 1. The Morgan fingerprint density at radius 3 is 2.58 bits per heavy atom. The van der Waals surface area contributed by atoms with E-state index in [2.05, 4.69) is 0 Å². The van der Waals surface area contributed by atoms with E-state index in [-0.39, 0.29) is 5.78 Å². The van der Waals surface area contributed by atoms with Gasteiger partial charge in [-0.05, 0) is 18.2 Å². The summed E-state index contributed by atoms with van der Waals surface area (Å²) in [5.41, 5.74) is 0.0275. The molecule has 24 heavy (non-hydrogen) atoms. The molecule has 0 aromatic heterocycles. The van der Waals surface area contributed by atoms with Gasteiger partial charge in [-0.3, -0.25) is 4.79 Å². The lowest BCUT2D eigenvalue weighted by molar-refractivity contribution is 0.0546. The van der Waals surface area contributed by atoms with Crippen LogP contribution in [0.15, 0.2) is 42.5 Å². The number of ether oxygens (including phenoxy) is 4. The van der Waals surface area contributed by atoms with Crippen molar-refractivity contribution in [1.29, 1.82) is 0 Å². The van der Waals surface area contributed by atoms with E-state index in [9.17, 15) is 4.79 Å². The van der Waals surface area contributed by atoms with E-state index in [4.69, 9.17) is 18.9 Å². The topological polar surface area (TPSA) is 57.3 Å². The fourth-order valence-electron chi connectivity index (χ4n) is 3.51. The van der Waals surface area contributed by atoms with E-state index in [1.165, 1.54) is 0 Å². The van der Waals surface area contributed by atoms with Gasteiger partial charge in [0.25, 0.3) is 5.79 Å². The van der Waals surface area contributed by atoms with Crippen LogP contribution < -0.4 is 14.2 Å². The van der Waals surface area contributed by atoms with Crippen molar-refractivity contribution in [1.82, 2.24) is 0 Å². The summed E-state index contributed by atoms with van der Waals surface area (Å²) in [5.74, 6) is 0.625. The van der Waals surface area contributed by atoms with Gasteiger partial charge in [0, 0.05) is 18.1 Å². The molecule has 4 rings (SSSR count). The van der Waals surface area contributed by atoms with Crippen molar-refractivity contribution < 1.29 is 23.7 Å². The molecule has 0 amide bonds. The summed E-state index contributed by atoms with van der Waals surface area (Å²) in [5, 5.41) is 0. The lowest BCUT2D eigenvalue weighted by Gasteiger charge is -2.27.